The van der Waals surface area contributed by atoms with Crippen LogP contribution in [-0.2, 0) is 0 Å². The Labute approximate surface area is 121 Å². The van der Waals surface area contributed by atoms with E-state index in [1.54, 1.807) is 34.4 Å². The number of benzene rings is 1. The summed E-state index contributed by atoms with van der Waals surface area (Å²) in [7, 11) is 0. The minimum absolute atomic E-state index is 0.105. The van der Waals surface area contributed by atoms with Crippen molar-refractivity contribution in [1.82, 2.24) is 4.90 Å². The van der Waals surface area contributed by atoms with Crippen molar-refractivity contribution in [3.05, 3.63) is 52.5 Å². The van der Waals surface area contributed by atoms with E-state index in [1.807, 2.05) is 11.4 Å². The van der Waals surface area contributed by atoms with Gasteiger partial charge in [-0.15, -0.1) is 0 Å². The maximum atomic E-state index is 13.6. The summed E-state index contributed by atoms with van der Waals surface area (Å²) in [6.07, 6.45) is 1.94. The molecule has 2 heterocycles. The highest BCUT2D eigenvalue weighted by Gasteiger charge is 2.30. The van der Waals surface area contributed by atoms with Crippen molar-refractivity contribution in [2.24, 2.45) is 0 Å². The van der Waals surface area contributed by atoms with Crippen LogP contribution >= 0.6 is 11.3 Å². The molecule has 3 rings (SSSR count). The van der Waals surface area contributed by atoms with Gasteiger partial charge < -0.3 is 10.2 Å². The predicted octanol–water partition coefficient (Wildman–Crippen LogP) is 4.26. The highest BCUT2D eigenvalue weighted by atomic mass is 32.1. The molecule has 0 bridgehead atoms. The predicted molar refractivity (Wildman–Crippen MR) is 78.4 cm³/mol. The first-order valence-corrected chi connectivity index (χ1v) is 7.54. The number of hydrogen-bond donors (Lipinski definition) is 1. The smallest absolute Gasteiger partial charge is 0.317 e. The first-order chi connectivity index (χ1) is 9.75. The van der Waals surface area contributed by atoms with Gasteiger partial charge in [-0.2, -0.15) is 11.3 Å². The topological polar surface area (TPSA) is 32.3 Å². The third kappa shape index (κ3) is 2.54. The zero-order valence-electron chi connectivity index (χ0n) is 10.9. The van der Waals surface area contributed by atoms with Crippen molar-refractivity contribution in [2.45, 2.75) is 18.9 Å². The van der Waals surface area contributed by atoms with Crippen molar-refractivity contribution in [3.8, 4) is 0 Å². The first kappa shape index (κ1) is 13.1. The maximum absolute atomic E-state index is 13.6. The standard InChI is InChI=1S/C15H15FN2OS/c16-12-4-1-2-5-13(12)17-15(19)18-8-3-6-14(18)11-7-9-20-10-11/h1-2,4-5,7,9-10,14H,3,6,8H2,(H,17,19)/t14-/m1/s1. The molecule has 2 aromatic rings. The third-order valence-corrected chi connectivity index (χ3v) is 4.26. The number of likely N-dealkylation sites (tertiary alicyclic amines) is 1. The highest BCUT2D eigenvalue weighted by molar-refractivity contribution is 7.07. The molecule has 0 spiro atoms. The fourth-order valence-electron chi connectivity index (χ4n) is 2.57. The van der Waals surface area contributed by atoms with Gasteiger partial charge in [0.15, 0.2) is 0 Å². The molecule has 1 aliphatic heterocycles. The van der Waals surface area contributed by atoms with Crippen LogP contribution in [0.4, 0.5) is 14.9 Å². The van der Waals surface area contributed by atoms with E-state index in [2.05, 4.69) is 10.7 Å². The average molecular weight is 290 g/mol. The number of amides is 2. The lowest BCUT2D eigenvalue weighted by atomic mass is 10.1. The van der Waals surface area contributed by atoms with Gasteiger partial charge in [-0.1, -0.05) is 12.1 Å². The number of halogens is 1. The van der Waals surface area contributed by atoms with Crippen LogP contribution in [0.3, 0.4) is 0 Å². The molecule has 1 aromatic carbocycles. The molecule has 1 fully saturated rings. The highest BCUT2D eigenvalue weighted by Crippen LogP contribution is 2.33. The Morgan fingerprint density at radius 2 is 2.20 bits per heavy atom. The Bertz CT molecular complexity index is 600. The van der Waals surface area contributed by atoms with E-state index >= 15 is 0 Å². The van der Waals surface area contributed by atoms with E-state index in [0.717, 1.165) is 18.4 Å². The molecule has 0 unspecified atom stereocenters. The largest absolute Gasteiger partial charge is 0.322 e. The van der Waals surface area contributed by atoms with Crippen LogP contribution in [0.25, 0.3) is 0 Å². The minimum Gasteiger partial charge on any atom is -0.317 e. The molecule has 104 valence electrons. The molecule has 3 nitrogen and oxygen atoms in total. The van der Waals surface area contributed by atoms with Gasteiger partial charge in [0.05, 0.1) is 11.7 Å². The number of nitrogens with one attached hydrogen (secondary N) is 1. The van der Waals surface area contributed by atoms with Crippen LogP contribution in [-0.4, -0.2) is 17.5 Å². The summed E-state index contributed by atoms with van der Waals surface area (Å²) in [6, 6.07) is 8.15. The molecule has 1 aliphatic rings. The Balaban J connectivity index is 1.75. The molecule has 0 saturated carbocycles. The Hall–Kier alpha value is -1.88. The molecule has 1 aromatic heterocycles. The Morgan fingerprint density at radius 3 is 2.95 bits per heavy atom. The number of hydrogen-bond acceptors (Lipinski definition) is 2. The summed E-state index contributed by atoms with van der Waals surface area (Å²) in [5.41, 5.74) is 1.39. The number of para-hydroxylation sites is 1. The van der Waals surface area contributed by atoms with Gasteiger partial charge >= 0.3 is 6.03 Å². The molecule has 1 atom stereocenters. The van der Waals surface area contributed by atoms with Gasteiger partial charge in [0.2, 0.25) is 0 Å². The molecule has 0 radical (unpaired) electrons. The lowest BCUT2D eigenvalue weighted by Crippen LogP contribution is -2.34. The summed E-state index contributed by atoms with van der Waals surface area (Å²) >= 11 is 1.63. The van der Waals surface area contributed by atoms with Crippen LogP contribution in [0, 0.1) is 5.82 Å². The van der Waals surface area contributed by atoms with E-state index in [9.17, 15) is 9.18 Å². The quantitative estimate of drug-likeness (QED) is 0.880. The lowest BCUT2D eigenvalue weighted by Gasteiger charge is -2.24. The average Bonchev–Trinajstić information content (AvgIpc) is 3.11. The van der Waals surface area contributed by atoms with Gasteiger partial charge in [-0.25, -0.2) is 9.18 Å². The van der Waals surface area contributed by atoms with E-state index in [-0.39, 0.29) is 17.8 Å². The maximum Gasteiger partial charge on any atom is 0.322 e. The van der Waals surface area contributed by atoms with Crippen molar-refractivity contribution < 1.29 is 9.18 Å². The van der Waals surface area contributed by atoms with Crippen molar-refractivity contribution in [2.75, 3.05) is 11.9 Å². The number of nitrogens with zero attached hydrogens (tertiary/aromatic N) is 1. The Morgan fingerprint density at radius 1 is 1.35 bits per heavy atom. The number of anilines is 1. The van der Waals surface area contributed by atoms with Crippen LogP contribution in [0.1, 0.15) is 24.4 Å². The molecule has 2 amide bonds. The van der Waals surface area contributed by atoms with Crippen LogP contribution < -0.4 is 5.32 Å². The third-order valence-electron chi connectivity index (χ3n) is 3.56. The van der Waals surface area contributed by atoms with Crippen LogP contribution in [0.2, 0.25) is 0 Å². The van der Waals surface area contributed by atoms with Gasteiger partial charge in [0.25, 0.3) is 0 Å². The van der Waals surface area contributed by atoms with Crippen molar-refractivity contribution in [1.29, 1.82) is 0 Å². The molecule has 1 saturated heterocycles. The second-order valence-corrected chi connectivity index (χ2v) is 5.60. The molecular formula is C15H15FN2OS. The first-order valence-electron chi connectivity index (χ1n) is 6.60. The van der Waals surface area contributed by atoms with Crippen LogP contribution in [0.5, 0.6) is 0 Å². The normalized spacial score (nSPS) is 18.2. The second kappa shape index (κ2) is 5.63. The summed E-state index contributed by atoms with van der Waals surface area (Å²) in [5.74, 6) is -0.410. The van der Waals surface area contributed by atoms with Crippen LogP contribution in [0.15, 0.2) is 41.1 Å². The fourth-order valence-corrected chi connectivity index (χ4v) is 3.28. The van der Waals surface area contributed by atoms with E-state index in [1.165, 1.54) is 6.07 Å². The lowest BCUT2D eigenvalue weighted by molar-refractivity contribution is 0.207. The van der Waals surface area contributed by atoms with Crippen molar-refractivity contribution >= 4 is 23.1 Å². The van der Waals surface area contributed by atoms with Gasteiger partial charge in [0, 0.05) is 6.54 Å². The monoisotopic (exact) mass is 290 g/mol. The molecule has 0 aliphatic carbocycles. The minimum atomic E-state index is -0.410. The number of rotatable bonds is 2. The Kier molecular flexibility index (Phi) is 3.69. The molecular weight excluding hydrogens is 275 g/mol. The summed E-state index contributed by atoms with van der Waals surface area (Å²) < 4.78 is 13.6. The SMILES string of the molecule is O=C(Nc1ccccc1F)N1CCC[C@@H]1c1ccsc1. The summed E-state index contributed by atoms with van der Waals surface area (Å²) in [4.78, 5) is 14.1. The molecule has 5 heteroatoms. The molecule has 20 heavy (non-hydrogen) atoms. The second-order valence-electron chi connectivity index (χ2n) is 4.82. The van der Waals surface area contributed by atoms with Gasteiger partial charge in [-0.3, -0.25) is 0 Å². The van der Waals surface area contributed by atoms with Crippen molar-refractivity contribution in [3.63, 3.8) is 0 Å². The zero-order valence-corrected chi connectivity index (χ0v) is 11.7. The number of carbonyl (C=O) groups excluding carboxylic acids is 1. The fraction of sp³-hybridized carbons (Fsp3) is 0.267. The number of thiophene rings is 1. The number of urea groups is 1. The summed E-state index contributed by atoms with van der Waals surface area (Å²) in [5, 5.41) is 6.74. The van der Waals surface area contributed by atoms with E-state index < -0.39 is 5.82 Å². The van der Waals surface area contributed by atoms with Gasteiger partial charge in [-0.05, 0) is 47.4 Å². The van der Waals surface area contributed by atoms with E-state index in [0.29, 0.717) is 6.54 Å². The van der Waals surface area contributed by atoms with E-state index in [4.69, 9.17) is 0 Å². The molecule has 1 N–H and O–H groups in total. The zero-order chi connectivity index (χ0) is 13.9. The van der Waals surface area contributed by atoms with Gasteiger partial charge in [0.1, 0.15) is 5.82 Å². The number of carbonyl (C=O) groups is 1. The summed E-state index contributed by atoms with van der Waals surface area (Å²) in [6.45, 7) is 0.709.